The molecule has 2 aromatic heterocycles. The van der Waals surface area contributed by atoms with Gasteiger partial charge in [-0.05, 0) is 37.3 Å². The lowest BCUT2D eigenvalue weighted by atomic mass is 10.1. The Kier molecular flexibility index (Phi) is 6.99. The summed E-state index contributed by atoms with van der Waals surface area (Å²) in [5.74, 6) is -0.606. The minimum Gasteiger partial charge on any atom is -0.456 e. The van der Waals surface area contributed by atoms with Crippen molar-refractivity contribution in [3.63, 3.8) is 0 Å². The predicted molar refractivity (Wildman–Crippen MR) is 141 cm³/mol. The number of para-hydroxylation sites is 1. The van der Waals surface area contributed by atoms with Crippen LogP contribution in [0.1, 0.15) is 23.0 Å². The average Bonchev–Trinajstić information content (AvgIpc) is 3.38. The molecule has 1 amide bonds. The molecule has 38 heavy (non-hydrogen) atoms. The van der Waals surface area contributed by atoms with Crippen molar-refractivity contribution in [2.45, 2.75) is 13.5 Å². The van der Waals surface area contributed by atoms with Gasteiger partial charge in [0.1, 0.15) is 12.2 Å². The largest absolute Gasteiger partial charge is 0.456 e. The fourth-order valence-corrected chi connectivity index (χ4v) is 3.97. The summed E-state index contributed by atoms with van der Waals surface area (Å²) in [5.41, 5.74) is 2.90. The third-order valence-corrected chi connectivity index (χ3v) is 5.70. The molecule has 0 unspecified atom stereocenters. The van der Waals surface area contributed by atoms with E-state index in [4.69, 9.17) is 13.9 Å². The number of benzene rings is 3. The lowest BCUT2D eigenvalue weighted by Crippen LogP contribution is -2.14. The second-order valence-corrected chi connectivity index (χ2v) is 8.25. The highest BCUT2D eigenvalue weighted by Crippen LogP contribution is 2.25. The van der Waals surface area contributed by atoms with Gasteiger partial charge in [0.15, 0.2) is 5.69 Å². The van der Waals surface area contributed by atoms with Crippen molar-refractivity contribution >= 4 is 28.7 Å². The van der Waals surface area contributed by atoms with E-state index in [9.17, 15) is 14.4 Å². The Morgan fingerprint density at radius 3 is 2.39 bits per heavy atom. The van der Waals surface area contributed by atoms with E-state index in [2.05, 4.69) is 10.4 Å². The Bertz CT molecular complexity index is 1660. The van der Waals surface area contributed by atoms with Crippen LogP contribution in [0.25, 0.3) is 27.9 Å². The van der Waals surface area contributed by atoms with Crippen LogP contribution in [0, 0.1) is 0 Å². The molecule has 0 aliphatic rings. The number of ether oxygens (including phenoxy) is 2. The number of nitrogens with one attached hydrogen (secondary N) is 1. The lowest BCUT2D eigenvalue weighted by Gasteiger charge is -2.10. The topological polar surface area (TPSA) is 113 Å². The molecule has 3 aromatic carbocycles. The maximum atomic E-state index is 13.3. The number of hydrogen-bond donors (Lipinski definition) is 1. The number of anilines is 1. The quantitative estimate of drug-likeness (QED) is 0.225. The fraction of sp³-hybridized carbons (Fsp3) is 0.103. The first-order chi connectivity index (χ1) is 18.5. The molecule has 2 heterocycles. The number of aromatic nitrogens is 2. The van der Waals surface area contributed by atoms with Gasteiger partial charge in [-0.2, -0.15) is 5.10 Å². The Balaban J connectivity index is 1.43. The second kappa shape index (κ2) is 10.8. The van der Waals surface area contributed by atoms with Crippen molar-refractivity contribution < 1.29 is 23.5 Å². The fourth-order valence-electron chi connectivity index (χ4n) is 3.97. The molecule has 190 valence electrons. The van der Waals surface area contributed by atoms with Crippen molar-refractivity contribution in [3.8, 4) is 16.9 Å². The molecular weight excluding hydrogens is 486 g/mol. The number of nitrogens with zero attached hydrogens (tertiary/aromatic N) is 2. The summed E-state index contributed by atoms with van der Waals surface area (Å²) in [6, 6.07) is 26.6. The van der Waals surface area contributed by atoms with Gasteiger partial charge in [-0.1, -0.05) is 48.5 Å². The Hall–Kier alpha value is -5.18. The zero-order valence-corrected chi connectivity index (χ0v) is 20.4. The summed E-state index contributed by atoms with van der Waals surface area (Å²) in [4.78, 5) is 37.2. The summed E-state index contributed by atoms with van der Waals surface area (Å²) in [7, 11) is 0. The third kappa shape index (κ3) is 5.31. The van der Waals surface area contributed by atoms with Crippen molar-refractivity contribution in [1.29, 1.82) is 0 Å². The molecule has 1 N–H and O–H groups in total. The van der Waals surface area contributed by atoms with E-state index in [0.717, 1.165) is 5.56 Å². The zero-order chi connectivity index (χ0) is 26.5. The van der Waals surface area contributed by atoms with Crippen LogP contribution in [0.15, 0.2) is 100 Å². The number of hydrogen-bond acceptors (Lipinski definition) is 7. The molecule has 0 saturated heterocycles. The van der Waals surface area contributed by atoms with Gasteiger partial charge in [-0.15, -0.1) is 0 Å². The molecule has 0 radical (unpaired) electrons. The van der Waals surface area contributed by atoms with E-state index in [-0.39, 0.29) is 24.5 Å². The molecule has 0 saturated carbocycles. The molecule has 0 bridgehead atoms. The number of carbonyl (C=O) groups is 2. The van der Waals surface area contributed by atoms with Crippen molar-refractivity contribution in [2.24, 2.45) is 0 Å². The molecule has 9 heteroatoms. The van der Waals surface area contributed by atoms with Crippen LogP contribution in [-0.4, -0.2) is 28.4 Å². The van der Waals surface area contributed by atoms with Crippen molar-refractivity contribution in [1.82, 2.24) is 9.78 Å². The van der Waals surface area contributed by atoms with Gasteiger partial charge in [0.05, 0.1) is 18.0 Å². The van der Waals surface area contributed by atoms with Crippen molar-refractivity contribution in [3.05, 3.63) is 113 Å². The zero-order valence-electron chi connectivity index (χ0n) is 20.4. The van der Waals surface area contributed by atoms with E-state index < -0.39 is 17.7 Å². The minimum atomic E-state index is -0.621. The van der Waals surface area contributed by atoms with Crippen LogP contribution in [0.4, 0.5) is 10.5 Å². The first-order valence-electron chi connectivity index (χ1n) is 11.9. The van der Waals surface area contributed by atoms with E-state index >= 15 is 0 Å². The predicted octanol–water partition coefficient (Wildman–Crippen LogP) is 5.57. The number of amides is 1. The molecule has 0 atom stereocenters. The smallest absolute Gasteiger partial charge is 0.411 e. The standard InChI is InChI=1S/C29H23N3O6/c1-2-36-29(35)30-21-13-14-23-20(15-27(33)38-26(23)16-21)18-37-28(34)25-17-24(19-9-5-3-6-10-19)31-32(25)22-11-7-4-8-12-22/h3-17H,2,18H2,1H3,(H,30,35). The first-order valence-corrected chi connectivity index (χ1v) is 11.9. The Morgan fingerprint density at radius 1 is 0.921 bits per heavy atom. The maximum Gasteiger partial charge on any atom is 0.411 e. The van der Waals surface area contributed by atoms with Crippen LogP contribution in [0.3, 0.4) is 0 Å². The van der Waals surface area contributed by atoms with Gasteiger partial charge < -0.3 is 13.9 Å². The number of carbonyl (C=O) groups excluding carboxylic acids is 2. The van der Waals surface area contributed by atoms with Crippen LogP contribution in [0.5, 0.6) is 0 Å². The van der Waals surface area contributed by atoms with Crippen molar-refractivity contribution in [2.75, 3.05) is 11.9 Å². The van der Waals surface area contributed by atoms with E-state index in [0.29, 0.717) is 28.0 Å². The lowest BCUT2D eigenvalue weighted by molar-refractivity contribution is 0.0463. The van der Waals surface area contributed by atoms with Gasteiger partial charge >= 0.3 is 17.7 Å². The van der Waals surface area contributed by atoms with Gasteiger partial charge in [-0.3, -0.25) is 5.32 Å². The molecule has 5 aromatic rings. The molecule has 9 nitrogen and oxygen atoms in total. The second-order valence-electron chi connectivity index (χ2n) is 8.25. The highest BCUT2D eigenvalue weighted by molar-refractivity contribution is 5.91. The highest BCUT2D eigenvalue weighted by atomic mass is 16.5. The van der Waals surface area contributed by atoms with Gasteiger partial charge in [0, 0.05) is 34.3 Å². The third-order valence-electron chi connectivity index (χ3n) is 5.70. The minimum absolute atomic E-state index is 0.174. The monoisotopic (exact) mass is 509 g/mol. The molecule has 0 fully saturated rings. The number of rotatable bonds is 7. The molecule has 5 rings (SSSR count). The van der Waals surface area contributed by atoms with E-state index in [1.54, 1.807) is 25.1 Å². The van der Waals surface area contributed by atoms with Gasteiger partial charge in [0.2, 0.25) is 0 Å². The van der Waals surface area contributed by atoms with Crippen LogP contribution in [0.2, 0.25) is 0 Å². The first kappa shape index (κ1) is 24.5. The summed E-state index contributed by atoms with van der Waals surface area (Å²) < 4.78 is 17.4. The van der Waals surface area contributed by atoms with Crippen LogP contribution in [-0.2, 0) is 16.1 Å². The highest BCUT2D eigenvalue weighted by Gasteiger charge is 2.20. The summed E-state index contributed by atoms with van der Waals surface area (Å²) >= 11 is 0. The number of esters is 1. The van der Waals surface area contributed by atoms with E-state index in [1.807, 2.05) is 60.7 Å². The Labute approximate surface area is 217 Å². The molecule has 0 aliphatic heterocycles. The summed E-state index contributed by atoms with van der Waals surface area (Å²) in [6.45, 7) is 1.74. The van der Waals surface area contributed by atoms with E-state index in [1.165, 1.54) is 16.8 Å². The van der Waals surface area contributed by atoms with Crippen LogP contribution < -0.4 is 10.9 Å². The Morgan fingerprint density at radius 2 is 1.66 bits per heavy atom. The number of fused-ring (bicyclic) bond motifs is 1. The van der Waals surface area contributed by atoms with Gasteiger partial charge in [-0.25, -0.2) is 19.1 Å². The summed E-state index contributed by atoms with van der Waals surface area (Å²) in [5, 5.41) is 7.77. The normalized spacial score (nSPS) is 10.8. The summed E-state index contributed by atoms with van der Waals surface area (Å²) in [6.07, 6.45) is -0.621. The SMILES string of the molecule is CCOC(=O)Nc1ccc2c(COC(=O)c3cc(-c4ccccc4)nn3-c3ccccc3)cc(=O)oc2c1. The molecular formula is C29H23N3O6. The average molecular weight is 510 g/mol. The van der Waals surface area contributed by atoms with Gasteiger partial charge in [0.25, 0.3) is 0 Å². The molecule has 0 spiro atoms. The molecule has 0 aliphatic carbocycles. The van der Waals surface area contributed by atoms with Crippen LogP contribution >= 0.6 is 0 Å². The maximum absolute atomic E-state index is 13.3.